The van der Waals surface area contributed by atoms with Gasteiger partial charge in [-0.15, -0.1) is 0 Å². The normalized spacial score (nSPS) is 10.5. The van der Waals surface area contributed by atoms with Gasteiger partial charge in [-0.3, -0.25) is 4.98 Å². The van der Waals surface area contributed by atoms with Gasteiger partial charge < -0.3 is 0 Å². The number of hydrogen-bond acceptors (Lipinski definition) is 4. The summed E-state index contributed by atoms with van der Waals surface area (Å²) in [4.78, 5) is 16.5. The third-order valence-corrected chi connectivity index (χ3v) is 2.89. The zero-order valence-corrected chi connectivity index (χ0v) is 10.9. The summed E-state index contributed by atoms with van der Waals surface area (Å²) in [7, 11) is 0. The summed E-state index contributed by atoms with van der Waals surface area (Å²) in [6.07, 6.45) is 6.24. The molecule has 0 saturated heterocycles. The van der Waals surface area contributed by atoms with E-state index < -0.39 is 5.82 Å². The molecule has 0 atom stereocenters. The van der Waals surface area contributed by atoms with Crippen molar-refractivity contribution in [3.63, 3.8) is 0 Å². The minimum atomic E-state index is -0.435. The Morgan fingerprint density at radius 3 is 2.25 bits per heavy atom. The topological polar surface area (TPSA) is 51.6 Å². The summed E-state index contributed by atoms with van der Waals surface area (Å²) >= 11 is 5.72. The van der Waals surface area contributed by atoms with Crippen molar-refractivity contribution in [1.82, 2.24) is 19.9 Å². The number of halogens is 2. The van der Waals surface area contributed by atoms with Gasteiger partial charge in [0, 0.05) is 23.0 Å². The fourth-order valence-electron chi connectivity index (χ4n) is 1.71. The molecule has 0 spiro atoms. The van der Waals surface area contributed by atoms with Crippen LogP contribution < -0.4 is 0 Å². The molecule has 0 saturated carbocycles. The first-order chi connectivity index (χ1) is 9.74. The third-order valence-electron chi connectivity index (χ3n) is 2.65. The molecule has 6 heteroatoms. The van der Waals surface area contributed by atoms with Gasteiger partial charge in [0.25, 0.3) is 0 Å². The van der Waals surface area contributed by atoms with Crippen molar-refractivity contribution in [2.45, 2.75) is 0 Å². The summed E-state index contributed by atoms with van der Waals surface area (Å²) in [6.45, 7) is 0. The highest BCUT2D eigenvalue weighted by Gasteiger charge is 2.09. The maximum atomic E-state index is 13.8. The maximum Gasteiger partial charge on any atom is 0.179 e. The highest BCUT2D eigenvalue weighted by atomic mass is 35.5. The molecule has 98 valence electrons. The van der Waals surface area contributed by atoms with E-state index in [0.717, 1.165) is 0 Å². The number of nitrogens with zero attached hydrogens (tertiary/aromatic N) is 4. The van der Waals surface area contributed by atoms with E-state index in [4.69, 9.17) is 11.6 Å². The maximum absolute atomic E-state index is 13.8. The van der Waals surface area contributed by atoms with E-state index in [-0.39, 0.29) is 0 Å². The smallest absolute Gasteiger partial charge is 0.179 e. The Labute approximate surface area is 119 Å². The van der Waals surface area contributed by atoms with Gasteiger partial charge in [-0.25, -0.2) is 19.3 Å². The Morgan fingerprint density at radius 2 is 1.60 bits per heavy atom. The second-order valence-electron chi connectivity index (χ2n) is 3.98. The lowest BCUT2D eigenvalue weighted by molar-refractivity contribution is 0.630. The molecule has 0 fully saturated rings. The van der Waals surface area contributed by atoms with Gasteiger partial charge in [0.1, 0.15) is 11.5 Å². The first kappa shape index (κ1) is 12.6. The molecule has 0 aliphatic carbocycles. The van der Waals surface area contributed by atoms with Gasteiger partial charge in [-0.2, -0.15) is 0 Å². The molecule has 3 rings (SSSR count). The van der Waals surface area contributed by atoms with Crippen LogP contribution in [0, 0.1) is 5.82 Å². The highest BCUT2D eigenvalue weighted by molar-refractivity contribution is 6.30. The lowest BCUT2D eigenvalue weighted by Crippen LogP contribution is -1.94. The second kappa shape index (κ2) is 5.30. The fraction of sp³-hybridized carbons (Fsp3) is 0. The van der Waals surface area contributed by atoms with Crippen molar-refractivity contribution in [2.75, 3.05) is 0 Å². The summed E-state index contributed by atoms with van der Waals surface area (Å²) in [6, 6.07) is 6.14. The van der Waals surface area contributed by atoms with Gasteiger partial charge in [0.05, 0.1) is 18.1 Å². The van der Waals surface area contributed by atoms with Crippen molar-refractivity contribution >= 4 is 11.6 Å². The highest BCUT2D eigenvalue weighted by Crippen LogP contribution is 2.23. The minimum absolute atomic E-state index is 0.341. The Kier molecular flexibility index (Phi) is 3.35. The van der Waals surface area contributed by atoms with Crippen LogP contribution in [0.1, 0.15) is 0 Å². The van der Waals surface area contributed by atoms with E-state index in [1.54, 1.807) is 30.6 Å². The molecule has 0 unspecified atom stereocenters. The number of aromatic nitrogens is 4. The van der Waals surface area contributed by atoms with Gasteiger partial charge >= 0.3 is 0 Å². The SMILES string of the molecule is Fc1cc(Cl)ccc1-c1cnc(-c2ncccn2)cn1. The van der Waals surface area contributed by atoms with Crippen molar-refractivity contribution < 1.29 is 4.39 Å². The molecular weight excluding hydrogens is 279 g/mol. The molecule has 4 nitrogen and oxygen atoms in total. The molecule has 20 heavy (non-hydrogen) atoms. The molecular formula is C14H8ClFN4. The molecule has 2 aromatic heterocycles. The largest absolute Gasteiger partial charge is 0.252 e. The number of rotatable bonds is 2. The Balaban J connectivity index is 1.97. The van der Waals surface area contributed by atoms with E-state index in [2.05, 4.69) is 19.9 Å². The molecule has 0 radical (unpaired) electrons. The molecule has 3 aromatic rings. The molecule has 0 aliphatic heterocycles. The average molecular weight is 287 g/mol. The zero-order valence-electron chi connectivity index (χ0n) is 10.2. The first-order valence-corrected chi connectivity index (χ1v) is 6.17. The summed E-state index contributed by atoms with van der Waals surface area (Å²) in [5.41, 5.74) is 1.31. The van der Waals surface area contributed by atoms with Crippen LogP contribution in [-0.4, -0.2) is 19.9 Å². The quantitative estimate of drug-likeness (QED) is 0.724. The summed E-state index contributed by atoms with van der Waals surface area (Å²) in [5.74, 6) is 0.0404. The lowest BCUT2D eigenvalue weighted by atomic mass is 10.1. The molecule has 0 amide bonds. The van der Waals surface area contributed by atoms with Crippen molar-refractivity contribution in [1.29, 1.82) is 0 Å². The summed E-state index contributed by atoms with van der Waals surface area (Å²) < 4.78 is 13.8. The van der Waals surface area contributed by atoms with E-state index in [0.29, 0.717) is 27.8 Å². The van der Waals surface area contributed by atoms with Gasteiger partial charge in [-0.1, -0.05) is 11.6 Å². The molecule has 0 N–H and O–H groups in total. The predicted molar refractivity (Wildman–Crippen MR) is 73.5 cm³/mol. The van der Waals surface area contributed by atoms with E-state index in [1.807, 2.05) is 0 Å². The molecule has 0 aliphatic rings. The van der Waals surface area contributed by atoms with Crippen LogP contribution in [0.4, 0.5) is 4.39 Å². The first-order valence-electron chi connectivity index (χ1n) is 5.79. The van der Waals surface area contributed by atoms with E-state index >= 15 is 0 Å². The van der Waals surface area contributed by atoms with Gasteiger partial charge in [0.2, 0.25) is 0 Å². The van der Waals surface area contributed by atoms with E-state index in [9.17, 15) is 4.39 Å². The second-order valence-corrected chi connectivity index (χ2v) is 4.42. The zero-order chi connectivity index (χ0) is 13.9. The standard InChI is InChI=1S/C14H8ClFN4/c15-9-2-3-10(11(16)6-9)12-7-20-13(8-19-12)14-17-4-1-5-18-14/h1-8H. The fourth-order valence-corrected chi connectivity index (χ4v) is 1.87. The van der Waals surface area contributed by atoms with Crippen LogP contribution in [0.25, 0.3) is 22.8 Å². The van der Waals surface area contributed by atoms with Crippen molar-refractivity contribution in [3.05, 3.63) is 59.9 Å². The van der Waals surface area contributed by atoms with Crippen molar-refractivity contribution in [2.24, 2.45) is 0 Å². The Bertz CT molecular complexity index is 732. The van der Waals surface area contributed by atoms with E-state index in [1.165, 1.54) is 18.5 Å². The molecule has 2 heterocycles. The van der Waals surface area contributed by atoms with Crippen molar-refractivity contribution in [3.8, 4) is 22.8 Å². The minimum Gasteiger partial charge on any atom is -0.252 e. The average Bonchev–Trinajstić information content (AvgIpc) is 2.48. The summed E-state index contributed by atoms with van der Waals surface area (Å²) in [5, 5.41) is 0.341. The molecule has 1 aromatic carbocycles. The lowest BCUT2D eigenvalue weighted by Gasteiger charge is -2.03. The van der Waals surface area contributed by atoms with Crippen LogP contribution in [0.2, 0.25) is 5.02 Å². The van der Waals surface area contributed by atoms with Crippen LogP contribution in [0.5, 0.6) is 0 Å². The Hall–Kier alpha value is -2.40. The number of benzene rings is 1. The van der Waals surface area contributed by atoms with Crippen LogP contribution in [-0.2, 0) is 0 Å². The Morgan fingerprint density at radius 1 is 0.900 bits per heavy atom. The monoisotopic (exact) mass is 286 g/mol. The van der Waals surface area contributed by atoms with Crippen LogP contribution in [0.3, 0.4) is 0 Å². The van der Waals surface area contributed by atoms with Crippen LogP contribution >= 0.6 is 11.6 Å². The third kappa shape index (κ3) is 2.48. The van der Waals surface area contributed by atoms with Gasteiger partial charge in [-0.05, 0) is 24.3 Å². The predicted octanol–water partition coefficient (Wildman–Crippen LogP) is 3.39. The molecule has 0 bridgehead atoms. The van der Waals surface area contributed by atoms with Crippen LogP contribution in [0.15, 0.2) is 49.1 Å². The van der Waals surface area contributed by atoms with Gasteiger partial charge in [0.15, 0.2) is 5.82 Å². The number of hydrogen-bond donors (Lipinski definition) is 0.